The molecule has 0 saturated carbocycles. The maximum absolute atomic E-state index is 12.5. The van der Waals surface area contributed by atoms with Crippen LogP contribution in [-0.2, 0) is 9.59 Å². The van der Waals surface area contributed by atoms with Gasteiger partial charge in [0.15, 0.2) is 0 Å². The minimum absolute atomic E-state index is 0.0111. The number of carboxylic acid groups (broad SMARTS) is 1. The minimum atomic E-state index is -0.869. The average molecular weight is 396 g/mol. The van der Waals surface area contributed by atoms with Crippen LogP contribution in [0.1, 0.15) is 111 Å². The summed E-state index contributed by atoms with van der Waals surface area (Å²) in [5.41, 5.74) is 0. The molecule has 0 radical (unpaired) electrons. The van der Waals surface area contributed by atoms with Crippen molar-refractivity contribution in [1.29, 1.82) is 0 Å². The summed E-state index contributed by atoms with van der Waals surface area (Å²) in [7, 11) is 0. The van der Waals surface area contributed by atoms with E-state index in [2.05, 4.69) is 19.1 Å². The molecule has 164 valence electrons. The number of rotatable bonds is 19. The molecule has 1 atom stereocenters. The maximum Gasteiger partial charge on any atom is 0.304 e. The third kappa shape index (κ3) is 14.7. The Hall–Kier alpha value is -1.32. The van der Waals surface area contributed by atoms with E-state index in [1.165, 1.54) is 64.2 Å². The van der Waals surface area contributed by atoms with Crippen LogP contribution in [0, 0.1) is 5.92 Å². The van der Waals surface area contributed by atoms with Gasteiger partial charge in [0.05, 0.1) is 6.42 Å². The summed E-state index contributed by atoms with van der Waals surface area (Å²) in [4.78, 5) is 25.3. The van der Waals surface area contributed by atoms with Crippen LogP contribution >= 0.6 is 0 Å². The fraction of sp³-hybridized carbons (Fsp3) is 0.833. The summed E-state index contributed by atoms with van der Waals surface area (Å²) in [6.45, 7) is 7.41. The average Bonchev–Trinajstić information content (AvgIpc) is 2.67. The second kappa shape index (κ2) is 19.0. The van der Waals surface area contributed by atoms with E-state index in [1.54, 1.807) is 4.90 Å². The molecular weight excluding hydrogens is 350 g/mol. The van der Waals surface area contributed by atoms with Gasteiger partial charge >= 0.3 is 5.97 Å². The number of amides is 1. The van der Waals surface area contributed by atoms with Crippen molar-refractivity contribution in [3.63, 3.8) is 0 Å². The first-order valence-corrected chi connectivity index (χ1v) is 11.7. The van der Waals surface area contributed by atoms with Gasteiger partial charge in [-0.05, 0) is 39.5 Å². The molecule has 0 aromatic heterocycles. The van der Waals surface area contributed by atoms with Gasteiger partial charge in [-0.2, -0.15) is 0 Å². The highest BCUT2D eigenvalue weighted by Crippen LogP contribution is 2.19. The first-order valence-electron chi connectivity index (χ1n) is 11.7. The van der Waals surface area contributed by atoms with Gasteiger partial charge in [0.2, 0.25) is 5.91 Å². The van der Waals surface area contributed by atoms with Gasteiger partial charge in [0.25, 0.3) is 0 Å². The molecule has 0 aliphatic carbocycles. The number of hydrogen-bond acceptors (Lipinski definition) is 2. The molecule has 4 nitrogen and oxygen atoms in total. The molecule has 28 heavy (non-hydrogen) atoms. The Morgan fingerprint density at radius 2 is 1.29 bits per heavy atom. The quantitative estimate of drug-likeness (QED) is 0.198. The van der Waals surface area contributed by atoms with Crippen molar-refractivity contribution in [1.82, 2.24) is 4.90 Å². The van der Waals surface area contributed by atoms with Gasteiger partial charge in [-0.3, -0.25) is 9.59 Å². The Bertz CT molecular complexity index is 416. The highest BCUT2D eigenvalue weighted by Gasteiger charge is 2.24. The molecule has 4 heteroatoms. The molecule has 0 bridgehead atoms. The Morgan fingerprint density at radius 3 is 1.79 bits per heavy atom. The lowest BCUT2D eigenvalue weighted by atomic mass is 9.95. The van der Waals surface area contributed by atoms with E-state index in [0.29, 0.717) is 19.5 Å². The second-order valence-electron chi connectivity index (χ2n) is 7.82. The molecule has 0 fully saturated rings. The molecule has 1 amide bonds. The molecule has 0 saturated heterocycles. The third-order valence-corrected chi connectivity index (χ3v) is 5.39. The van der Waals surface area contributed by atoms with Crippen LogP contribution in [0.3, 0.4) is 0 Å². The summed E-state index contributed by atoms with van der Waals surface area (Å²) < 4.78 is 0. The highest BCUT2D eigenvalue weighted by atomic mass is 16.4. The van der Waals surface area contributed by atoms with E-state index < -0.39 is 5.97 Å². The highest BCUT2D eigenvalue weighted by molar-refractivity contribution is 5.83. The first kappa shape index (κ1) is 26.7. The number of nitrogens with zero attached hydrogens (tertiary/aromatic N) is 1. The lowest BCUT2D eigenvalue weighted by Gasteiger charge is -2.24. The van der Waals surface area contributed by atoms with Crippen LogP contribution in [0.25, 0.3) is 0 Å². The van der Waals surface area contributed by atoms with Crippen LogP contribution in [0.15, 0.2) is 12.2 Å². The minimum Gasteiger partial charge on any atom is -0.481 e. The van der Waals surface area contributed by atoms with E-state index >= 15 is 0 Å². The zero-order valence-corrected chi connectivity index (χ0v) is 18.8. The van der Waals surface area contributed by atoms with Crippen LogP contribution < -0.4 is 0 Å². The molecule has 0 aliphatic rings. The number of carboxylic acids is 1. The molecule has 0 aromatic rings. The maximum atomic E-state index is 12.5. The van der Waals surface area contributed by atoms with Crippen molar-refractivity contribution in [2.24, 2.45) is 5.92 Å². The lowest BCUT2D eigenvalue weighted by molar-refractivity contribution is -0.144. The molecular formula is C24H45NO3. The van der Waals surface area contributed by atoms with Gasteiger partial charge < -0.3 is 10.0 Å². The van der Waals surface area contributed by atoms with Gasteiger partial charge in [-0.1, -0.05) is 76.9 Å². The van der Waals surface area contributed by atoms with Crippen molar-refractivity contribution in [3.8, 4) is 0 Å². The number of unbranched alkanes of at least 4 members (excludes halogenated alkanes) is 10. The Labute approximate surface area is 173 Å². The van der Waals surface area contributed by atoms with Gasteiger partial charge in [0.1, 0.15) is 0 Å². The van der Waals surface area contributed by atoms with Crippen molar-refractivity contribution < 1.29 is 14.7 Å². The van der Waals surface area contributed by atoms with Crippen LogP contribution in [-0.4, -0.2) is 35.0 Å². The topological polar surface area (TPSA) is 57.6 Å². The van der Waals surface area contributed by atoms with Crippen LogP contribution in [0.4, 0.5) is 0 Å². The number of allylic oxidation sites excluding steroid dienone is 2. The fourth-order valence-electron chi connectivity index (χ4n) is 3.61. The normalized spacial score (nSPS) is 12.4. The SMILES string of the molecule is CCC/C=C/CCCCCCCCCCCC(CC(=O)O)C(=O)N(CC)CC. The summed E-state index contributed by atoms with van der Waals surface area (Å²) in [5, 5.41) is 9.10. The van der Waals surface area contributed by atoms with Crippen LogP contribution in [0.2, 0.25) is 0 Å². The summed E-state index contributed by atoms with van der Waals surface area (Å²) >= 11 is 0. The lowest BCUT2D eigenvalue weighted by Crippen LogP contribution is -2.36. The number of carbonyl (C=O) groups excluding carboxylic acids is 1. The number of aliphatic carboxylic acids is 1. The van der Waals surface area contributed by atoms with Gasteiger partial charge in [-0.25, -0.2) is 0 Å². The monoisotopic (exact) mass is 395 g/mol. The fourth-order valence-corrected chi connectivity index (χ4v) is 3.61. The molecule has 1 unspecified atom stereocenters. The summed E-state index contributed by atoms with van der Waals surface area (Å²) in [6, 6.07) is 0. The largest absolute Gasteiger partial charge is 0.481 e. The predicted octanol–water partition coefficient (Wildman–Crippen LogP) is 6.59. The molecule has 0 spiro atoms. The van der Waals surface area contributed by atoms with Crippen molar-refractivity contribution in [3.05, 3.63) is 12.2 Å². The molecule has 0 aliphatic heterocycles. The standard InChI is InChI=1S/C24H45NO3/c1-4-7-8-9-10-11-12-13-14-15-16-17-18-19-20-22(21-23(26)27)24(28)25(5-2)6-3/h8-9,22H,4-7,10-21H2,1-3H3,(H,26,27)/b9-8+. The smallest absolute Gasteiger partial charge is 0.304 e. The van der Waals surface area contributed by atoms with E-state index in [4.69, 9.17) is 5.11 Å². The Kier molecular flexibility index (Phi) is 18.1. The molecule has 1 N–H and O–H groups in total. The Morgan fingerprint density at radius 1 is 0.786 bits per heavy atom. The zero-order valence-electron chi connectivity index (χ0n) is 18.8. The van der Waals surface area contributed by atoms with Crippen molar-refractivity contribution in [2.75, 3.05) is 13.1 Å². The molecule has 0 aromatic carbocycles. The number of hydrogen-bond donors (Lipinski definition) is 1. The van der Waals surface area contributed by atoms with E-state index in [-0.39, 0.29) is 18.2 Å². The van der Waals surface area contributed by atoms with Crippen LogP contribution in [0.5, 0.6) is 0 Å². The summed E-state index contributed by atoms with van der Waals surface area (Å²) in [5.74, 6) is -1.22. The zero-order chi connectivity index (χ0) is 21.0. The Balaban J connectivity index is 3.74. The van der Waals surface area contributed by atoms with Crippen molar-refractivity contribution >= 4 is 11.9 Å². The molecule has 0 rings (SSSR count). The first-order chi connectivity index (χ1) is 13.6. The predicted molar refractivity (Wildman–Crippen MR) is 119 cm³/mol. The number of carbonyl (C=O) groups is 2. The van der Waals surface area contributed by atoms with E-state index in [0.717, 1.165) is 12.8 Å². The van der Waals surface area contributed by atoms with Crippen molar-refractivity contribution in [2.45, 2.75) is 111 Å². The molecule has 0 heterocycles. The van der Waals surface area contributed by atoms with E-state index in [1.807, 2.05) is 13.8 Å². The third-order valence-electron chi connectivity index (χ3n) is 5.39. The van der Waals surface area contributed by atoms with E-state index in [9.17, 15) is 9.59 Å². The van der Waals surface area contributed by atoms with Gasteiger partial charge in [-0.15, -0.1) is 0 Å². The summed E-state index contributed by atoms with van der Waals surface area (Å²) in [6.07, 6.45) is 20.1. The second-order valence-corrected chi connectivity index (χ2v) is 7.82. The van der Waals surface area contributed by atoms with Gasteiger partial charge in [0, 0.05) is 19.0 Å².